The minimum atomic E-state index is -1.13. The van der Waals surface area contributed by atoms with Crippen LogP contribution < -0.4 is 10.4 Å². The van der Waals surface area contributed by atoms with Crippen molar-refractivity contribution in [2.75, 3.05) is 40.9 Å². The Kier molecular flexibility index (Phi) is 8.50. The van der Waals surface area contributed by atoms with Crippen LogP contribution in [0.4, 0.5) is 4.79 Å². The number of aliphatic hydroxyl groups is 1. The van der Waals surface area contributed by atoms with E-state index in [1.807, 2.05) is 0 Å². The van der Waals surface area contributed by atoms with Gasteiger partial charge in [-0.25, -0.2) is 4.79 Å². The summed E-state index contributed by atoms with van der Waals surface area (Å²) >= 11 is 0. The number of aliphatic hydroxyl groups excluding tert-OH is 1. The second-order valence-electron chi connectivity index (χ2n) is 7.35. The van der Waals surface area contributed by atoms with Gasteiger partial charge in [-0.2, -0.15) is 0 Å². The van der Waals surface area contributed by atoms with Gasteiger partial charge in [-0.3, -0.25) is 0 Å². The number of aliphatic carboxylic acids is 1. The Hall–Kier alpha value is -1.38. The Morgan fingerprint density at radius 2 is 1.83 bits per heavy atom. The molecule has 0 radical (unpaired) electrons. The molecule has 0 rings (SSSR count). The van der Waals surface area contributed by atoms with Crippen LogP contribution in [0.3, 0.4) is 0 Å². The van der Waals surface area contributed by atoms with Crippen LogP contribution in [-0.4, -0.2) is 80.3 Å². The van der Waals surface area contributed by atoms with E-state index in [-0.39, 0.29) is 30.7 Å². The Morgan fingerprint density at radius 1 is 1.26 bits per heavy atom. The molecule has 0 heterocycles. The first-order chi connectivity index (χ1) is 10.3. The average molecular weight is 334 g/mol. The van der Waals surface area contributed by atoms with Crippen LogP contribution in [0.1, 0.15) is 27.2 Å². The molecule has 8 nitrogen and oxygen atoms in total. The highest BCUT2D eigenvalue weighted by atomic mass is 16.6. The van der Waals surface area contributed by atoms with Crippen LogP contribution in [0, 0.1) is 0 Å². The van der Waals surface area contributed by atoms with Crippen LogP contribution >= 0.6 is 0 Å². The van der Waals surface area contributed by atoms with E-state index in [2.05, 4.69) is 5.32 Å². The molecule has 8 heteroatoms. The SMILES string of the molecule is CC(C)(C)OC(=O)NCC(O)COCCC(C(=O)[O-])[N+](C)(C)C. The van der Waals surface area contributed by atoms with Gasteiger partial charge in [0.25, 0.3) is 0 Å². The van der Waals surface area contributed by atoms with Crippen molar-refractivity contribution in [3.8, 4) is 0 Å². The first-order valence-electron chi connectivity index (χ1n) is 7.57. The molecule has 0 bridgehead atoms. The van der Waals surface area contributed by atoms with Gasteiger partial charge in [0.05, 0.1) is 46.4 Å². The van der Waals surface area contributed by atoms with Crippen LogP contribution in [0.25, 0.3) is 0 Å². The molecule has 136 valence electrons. The lowest BCUT2D eigenvalue weighted by Crippen LogP contribution is -2.55. The molecule has 0 spiro atoms. The molecular formula is C15H30N2O6. The number of likely N-dealkylation sites (N-methyl/N-ethyl adjacent to an activating group) is 1. The third-order valence-corrected chi connectivity index (χ3v) is 2.93. The Labute approximate surface area is 138 Å². The van der Waals surface area contributed by atoms with Gasteiger partial charge in [0.15, 0.2) is 0 Å². The standard InChI is InChI=1S/C15H30N2O6/c1-15(2,3)23-14(21)16-9-11(18)10-22-8-7-12(13(19)20)17(4,5)6/h11-12,18H,7-10H2,1-6H3,(H-,16,19,20,21). The van der Waals surface area contributed by atoms with E-state index in [1.54, 1.807) is 41.9 Å². The lowest BCUT2D eigenvalue weighted by molar-refractivity contribution is -0.889. The Bertz CT molecular complexity index is 386. The van der Waals surface area contributed by atoms with Crippen molar-refractivity contribution in [1.82, 2.24) is 5.32 Å². The second kappa shape index (κ2) is 9.05. The van der Waals surface area contributed by atoms with Crippen molar-refractivity contribution < 1.29 is 33.8 Å². The van der Waals surface area contributed by atoms with Gasteiger partial charge in [0.2, 0.25) is 0 Å². The predicted molar refractivity (Wildman–Crippen MR) is 82.5 cm³/mol. The van der Waals surface area contributed by atoms with Gasteiger partial charge in [0.1, 0.15) is 11.6 Å². The molecule has 2 atom stereocenters. The van der Waals surface area contributed by atoms with Gasteiger partial charge in [-0.05, 0) is 20.8 Å². The summed E-state index contributed by atoms with van der Waals surface area (Å²) in [6.45, 7) is 5.40. The highest BCUT2D eigenvalue weighted by Gasteiger charge is 2.24. The van der Waals surface area contributed by atoms with E-state index in [0.717, 1.165) is 0 Å². The molecule has 0 fully saturated rings. The maximum atomic E-state index is 11.4. The first kappa shape index (κ1) is 21.6. The number of hydrogen-bond donors (Lipinski definition) is 2. The Morgan fingerprint density at radius 3 is 2.26 bits per heavy atom. The normalized spacial score (nSPS) is 14.9. The third-order valence-electron chi connectivity index (χ3n) is 2.93. The molecule has 0 aromatic heterocycles. The maximum absolute atomic E-state index is 11.4. The first-order valence-corrected chi connectivity index (χ1v) is 7.57. The highest BCUT2D eigenvalue weighted by molar-refractivity contribution is 5.69. The third kappa shape index (κ3) is 10.9. The summed E-state index contributed by atoms with van der Waals surface area (Å²) in [5.41, 5.74) is -0.601. The van der Waals surface area contributed by atoms with Gasteiger partial charge >= 0.3 is 6.09 Å². The number of carboxylic acids is 1. The fraction of sp³-hybridized carbons (Fsp3) is 0.867. The number of quaternary nitrogens is 1. The van der Waals surface area contributed by atoms with E-state index in [0.29, 0.717) is 0 Å². The number of alkyl carbamates (subject to hydrolysis) is 1. The van der Waals surface area contributed by atoms with Gasteiger partial charge in [-0.1, -0.05) is 0 Å². The maximum Gasteiger partial charge on any atom is 0.407 e. The zero-order valence-corrected chi connectivity index (χ0v) is 14.9. The molecular weight excluding hydrogens is 304 g/mol. The number of carbonyl (C=O) groups is 2. The molecule has 0 aliphatic carbocycles. The van der Waals surface area contributed by atoms with E-state index in [1.165, 1.54) is 0 Å². The molecule has 0 aromatic rings. The number of hydrogen-bond acceptors (Lipinski definition) is 6. The molecule has 0 saturated heterocycles. The lowest BCUT2D eigenvalue weighted by atomic mass is 10.1. The number of nitrogens with zero attached hydrogens (tertiary/aromatic N) is 1. The minimum Gasteiger partial charge on any atom is -0.544 e. The smallest absolute Gasteiger partial charge is 0.407 e. The quantitative estimate of drug-likeness (QED) is 0.418. The monoisotopic (exact) mass is 334 g/mol. The number of carboxylic acid groups (broad SMARTS) is 1. The zero-order valence-electron chi connectivity index (χ0n) is 14.9. The lowest BCUT2D eigenvalue weighted by Gasteiger charge is -2.34. The topological polar surface area (TPSA) is 108 Å². The van der Waals surface area contributed by atoms with Crippen LogP contribution in [0.2, 0.25) is 0 Å². The van der Waals surface area contributed by atoms with E-state index >= 15 is 0 Å². The summed E-state index contributed by atoms with van der Waals surface area (Å²) in [4.78, 5) is 22.5. The van der Waals surface area contributed by atoms with Gasteiger partial charge in [-0.15, -0.1) is 0 Å². The summed E-state index contributed by atoms with van der Waals surface area (Å²) in [6, 6.07) is -0.688. The van der Waals surface area contributed by atoms with Crippen LogP contribution in [-0.2, 0) is 14.3 Å². The number of rotatable bonds is 9. The van der Waals surface area contributed by atoms with E-state index in [9.17, 15) is 19.8 Å². The van der Waals surface area contributed by atoms with Crippen molar-refractivity contribution in [1.29, 1.82) is 0 Å². The van der Waals surface area contributed by atoms with Crippen molar-refractivity contribution in [2.45, 2.75) is 44.9 Å². The summed E-state index contributed by atoms with van der Waals surface area (Å²) in [7, 11) is 5.29. The van der Waals surface area contributed by atoms with Gasteiger partial charge in [0, 0.05) is 13.0 Å². The molecule has 1 amide bonds. The molecule has 0 aliphatic rings. The number of carbonyl (C=O) groups excluding carboxylic acids is 2. The molecule has 0 aromatic carbocycles. The second-order valence-corrected chi connectivity index (χ2v) is 7.35. The van der Waals surface area contributed by atoms with Crippen molar-refractivity contribution in [2.24, 2.45) is 0 Å². The highest BCUT2D eigenvalue weighted by Crippen LogP contribution is 2.08. The average Bonchev–Trinajstić information content (AvgIpc) is 2.31. The van der Waals surface area contributed by atoms with Crippen molar-refractivity contribution >= 4 is 12.1 Å². The molecule has 2 unspecified atom stereocenters. The molecule has 23 heavy (non-hydrogen) atoms. The number of amides is 1. The molecule has 2 N–H and O–H groups in total. The van der Waals surface area contributed by atoms with Crippen molar-refractivity contribution in [3.63, 3.8) is 0 Å². The molecule has 0 aliphatic heterocycles. The molecule has 0 saturated carbocycles. The van der Waals surface area contributed by atoms with E-state index < -0.39 is 29.8 Å². The summed E-state index contributed by atoms with van der Waals surface area (Å²) < 4.78 is 10.5. The van der Waals surface area contributed by atoms with Crippen LogP contribution in [0.15, 0.2) is 0 Å². The largest absolute Gasteiger partial charge is 0.544 e. The fourth-order valence-electron chi connectivity index (χ4n) is 1.81. The van der Waals surface area contributed by atoms with Crippen molar-refractivity contribution in [3.05, 3.63) is 0 Å². The minimum absolute atomic E-state index is 0.00579. The zero-order chi connectivity index (χ0) is 18.3. The van der Waals surface area contributed by atoms with Gasteiger partial charge < -0.3 is 34.3 Å². The predicted octanol–water partition coefficient (Wildman–Crippen LogP) is -0.897. The summed E-state index contributed by atoms with van der Waals surface area (Å²) in [5.74, 6) is -1.13. The number of nitrogens with one attached hydrogen (secondary N) is 1. The van der Waals surface area contributed by atoms with E-state index in [4.69, 9.17) is 9.47 Å². The number of ether oxygens (including phenoxy) is 2. The summed E-state index contributed by atoms with van der Waals surface area (Å²) in [6.07, 6.45) is -1.23. The Balaban J connectivity index is 3.97. The summed E-state index contributed by atoms with van der Waals surface area (Å²) in [5, 5.41) is 23.2. The van der Waals surface area contributed by atoms with Crippen LogP contribution in [0.5, 0.6) is 0 Å². The fourth-order valence-corrected chi connectivity index (χ4v) is 1.81.